The molecular weight excluding hydrogens is 238 g/mol. The van der Waals surface area contributed by atoms with Crippen LogP contribution in [0.4, 0.5) is 11.6 Å². The summed E-state index contributed by atoms with van der Waals surface area (Å²) in [5.74, 6) is 3.19. The molecular formula is C14H21N5. The Morgan fingerprint density at radius 2 is 2.00 bits per heavy atom. The molecule has 1 saturated carbocycles. The number of nitrogens with zero attached hydrogens (tertiary/aromatic N) is 4. The maximum absolute atomic E-state index is 5.95. The van der Waals surface area contributed by atoms with Crippen molar-refractivity contribution in [2.24, 2.45) is 0 Å². The molecule has 1 aliphatic carbocycles. The Bertz CT molecular complexity index is 485. The number of aromatic nitrogens is 2. The molecule has 1 unspecified atom stereocenters. The van der Waals surface area contributed by atoms with Gasteiger partial charge in [-0.2, -0.15) is 0 Å². The summed E-state index contributed by atoms with van der Waals surface area (Å²) in [6.07, 6.45) is 5.11. The largest absolute Gasteiger partial charge is 0.384 e. The molecule has 3 heterocycles. The van der Waals surface area contributed by atoms with Crippen LogP contribution in [0, 0.1) is 0 Å². The van der Waals surface area contributed by atoms with Crippen molar-refractivity contribution in [3.05, 3.63) is 11.9 Å². The predicted octanol–water partition coefficient (Wildman–Crippen LogP) is 1.22. The summed E-state index contributed by atoms with van der Waals surface area (Å²) in [7, 11) is 0. The van der Waals surface area contributed by atoms with Crippen LogP contribution >= 0.6 is 0 Å². The second-order valence-corrected chi connectivity index (χ2v) is 6.06. The lowest BCUT2D eigenvalue weighted by Gasteiger charge is -2.38. The van der Waals surface area contributed by atoms with E-state index in [0.717, 1.165) is 31.3 Å². The third kappa shape index (κ3) is 2.16. The van der Waals surface area contributed by atoms with Gasteiger partial charge in [-0.15, -0.1) is 0 Å². The molecule has 0 spiro atoms. The number of hydrogen-bond donors (Lipinski definition) is 1. The van der Waals surface area contributed by atoms with Crippen molar-refractivity contribution >= 4 is 11.6 Å². The van der Waals surface area contributed by atoms with Gasteiger partial charge in [0.15, 0.2) is 0 Å². The van der Waals surface area contributed by atoms with Gasteiger partial charge in [-0.05, 0) is 32.2 Å². The Morgan fingerprint density at radius 3 is 2.84 bits per heavy atom. The van der Waals surface area contributed by atoms with Crippen molar-refractivity contribution in [1.82, 2.24) is 14.9 Å². The number of nitrogen functional groups attached to an aromatic ring is 1. The fraction of sp³-hybridized carbons (Fsp3) is 0.714. The fourth-order valence-electron chi connectivity index (χ4n) is 3.36. The van der Waals surface area contributed by atoms with Crippen LogP contribution < -0.4 is 10.6 Å². The second kappa shape index (κ2) is 4.34. The first kappa shape index (κ1) is 11.5. The SMILES string of the molecule is Nc1cc(N2CCN3CCCC3C2)nc(C2CC2)n1. The normalized spacial score (nSPS) is 27.6. The second-order valence-electron chi connectivity index (χ2n) is 6.06. The van der Waals surface area contributed by atoms with Gasteiger partial charge in [-0.3, -0.25) is 4.90 Å². The molecule has 5 heteroatoms. The van der Waals surface area contributed by atoms with Gasteiger partial charge in [0, 0.05) is 37.7 Å². The highest BCUT2D eigenvalue weighted by atomic mass is 15.3. The lowest BCUT2D eigenvalue weighted by molar-refractivity contribution is 0.230. The molecule has 3 aliphatic rings. The van der Waals surface area contributed by atoms with Crippen molar-refractivity contribution in [2.45, 2.75) is 37.6 Å². The molecule has 0 aromatic carbocycles. The minimum Gasteiger partial charge on any atom is -0.384 e. The van der Waals surface area contributed by atoms with Crippen LogP contribution in [-0.4, -0.2) is 47.1 Å². The van der Waals surface area contributed by atoms with E-state index in [1.54, 1.807) is 0 Å². The lowest BCUT2D eigenvalue weighted by atomic mass is 10.1. The van der Waals surface area contributed by atoms with Crippen LogP contribution in [0.15, 0.2) is 6.07 Å². The minimum atomic E-state index is 0.565. The van der Waals surface area contributed by atoms with Gasteiger partial charge in [0.1, 0.15) is 17.5 Å². The molecule has 1 aromatic rings. The molecule has 2 saturated heterocycles. The van der Waals surface area contributed by atoms with Crippen LogP contribution in [0.1, 0.15) is 37.4 Å². The molecule has 0 amide bonds. The number of fused-ring (bicyclic) bond motifs is 1. The average molecular weight is 259 g/mol. The molecule has 102 valence electrons. The predicted molar refractivity (Wildman–Crippen MR) is 75.2 cm³/mol. The summed E-state index contributed by atoms with van der Waals surface area (Å²) in [6.45, 7) is 4.60. The zero-order chi connectivity index (χ0) is 12.8. The Hall–Kier alpha value is -1.36. The number of nitrogens with two attached hydrogens (primary N) is 1. The topological polar surface area (TPSA) is 58.3 Å². The highest BCUT2D eigenvalue weighted by Gasteiger charge is 2.32. The van der Waals surface area contributed by atoms with Crippen LogP contribution in [-0.2, 0) is 0 Å². The van der Waals surface area contributed by atoms with Crippen molar-refractivity contribution in [2.75, 3.05) is 36.8 Å². The smallest absolute Gasteiger partial charge is 0.136 e. The highest BCUT2D eigenvalue weighted by Crippen LogP contribution is 2.39. The summed E-state index contributed by atoms with van der Waals surface area (Å²) in [6, 6.07) is 2.66. The van der Waals surface area contributed by atoms with Crippen LogP contribution in [0.5, 0.6) is 0 Å². The molecule has 19 heavy (non-hydrogen) atoms. The maximum atomic E-state index is 5.95. The van der Waals surface area contributed by atoms with Gasteiger partial charge in [-0.25, -0.2) is 9.97 Å². The van der Waals surface area contributed by atoms with E-state index in [0.29, 0.717) is 17.8 Å². The highest BCUT2D eigenvalue weighted by molar-refractivity contribution is 5.48. The van der Waals surface area contributed by atoms with E-state index < -0.39 is 0 Å². The van der Waals surface area contributed by atoms with E-state index in [4.69, 9.17) is 10.7 Å². The monoisotopic (exact) mass is 259 g/mol. The zero-order valence-corrected chi connectivity index (χ0v) is 11.3. The van der Waals surface area contributed by atoms with E-state index in [1.807, 2.05) is 6.07 Å². The first-order valence-electron chi connectivity index (χ1n) is 7.43. The molecule has 3 fully saturated rings. The van der Waals surface area contributed by atoms with Crippen LogP contribution in [0.2, 0.25) is 0 Å². The Labute approximate surface area is 113 Å². The third-order valence-electron chi connectivity index (χ3n) is 4.60. The summed E-state index contributed by atoms with van der Waals surface area (Å²) < 4.78 is 0. The fourth-order valence-corrected chi connectivity index (χ4v) is 3.36. The van der Waals surface area contributed by atoms with Crippen LogP contribution in [0.3, 0.4) is 0 Å². The minimum absolute atomic E-state index is 0.565. The molecule has 0 radical (unpaired) electrons. The van der Waals surface area contributed by atoms with Crippen molar-refractivity contribution in [3.8, 4) is 0 Å². The summed E-state index contributed by atoms with van der Waals surface area (Å²) >= 11 is 0. The molecule has 1 atom stereocenters. The molecule has 5 nitrogen and oxygen atoms in total. The summed E-state index contributed by atoms with van der Waals surface area (Å²) in [4.78, 5) is 14.1. The zero-order valence-electron chi connectivity index (χ0n) is 11.3. The number of hydrogen-bond acceptors (Lipinski definition) is 5. The van der Waals surface area contributed by atoms with Gasteiger partial charge >= 0.3 is 0 Å². The molecule has 2 aliphatic heterocycles. The summed E-state index contributed by atoms with van der Waals surface area (Å²) in [5.41, 5.74) is 5.95. The standard InChI is InChI=1S/C14H21N5/c15-12-8-13(17-14(16-12)10-3-4-10)19-7-6-18-5-1-2-11(18)9-19/h8,10-11H,1-7,9H2,(H2,15,16,17). The first-order chi connectivity index (χ1) is 9.29. The molecule has 2 N–H and O–H groups in total. The van der Waals surface area contributed by atoms with Crippen molar-refractivity contribution < 1.29 is 0 Å². The summed E-state index contributed by atoms with van der Waals surface area (Å²) in [5, 5.41) is 0. The maximum Gasteiger partial charge on any atom is 0.136 e. The lowest BCUT2D eigenvalue weighted by Crippen LogP contribution is -2.50. The third-order valence-corrected chi connectivity index (χ3v) is 4.60. The Balaban J connectivity index is 1.57. The van der Waals surface area contributed by atoms with E-state index in [2.05, 4.69) is 14.8 Å². The van der Waals surface area contributed by atoms with Gasteiger partial charge in [0.25, 0.3) is 0 Å². The van der Waals surface area contributed by atoms with Gasteiger partial charge in [0.2, 0.25) is 0 Å². The van der Waals surface area contributed by atoms with E-state index in [1.165, 1.54) is 32.2 Å². The average Bonchev–Trinajstić information content (AvgIpc) is 3.16. The number of piperazine rings is 1. The van der Waals surface area contributed by atoms with Gasteiger partial charge in [-0.1, -0.05) is 0 Å². The molecule has 1 aromatic heterocycles. The number of anilines is 2. The molecule has 4 rings (SSSR count). The van der Waals surface area contributed by atoms with Gasteiger partial charge < -0.3 is 10.6 Å². The van der Waals surface area contributed by atoms with Crippen molar-refractivity contribution in [1.29, 1.82) is 0 Å². The van der Waals surface area contributed by atoms with E-state index >= 15 is 0 Å². The Morgan fingerprint density at radius 1 is 1.11 bits per heavy atom. The van der Waals surface area contributed by atoms with Crippen molar-refractivity contribution in [3.63, 3.8) is 0 Å². The Kier molecular flexibility index (Phi) is 2.62. The van der Waals surface area contributed by atoms with E-state index in [-0.39, 0.29) is 0 Å². The van der Waals surface area contributed by atoms with Gasteiger partial charge in [0.05, 0.1) is 0 Å². The van der Waals surface area contributed by atoms with Crippen LogP contribution in [0.25, 0.3) is 0 Å². The first-order valence-corrected chi connectivity index (χ1v) is 7.43. The van der Waals surface area contributed by atoms with E-state index in [9.17, 15) is 0 Å². The quantitative estimate of drug-likeness (QED) is 0.865. The molecule has 0 bridgehead atoms. The number of rotatable bonds is 2.